The molecule has 0 aliphatic rings. The van der Waals surface area contributed by atoms with Crippen LogP contribution in [-0.2, 0) is 0 Å². The highest BCUT2D eigenvalue weighted by molar-refractivity contribution is 6.31. The lowest BCUT2D eigenvalue weighted by molar-refractivity contribution is 0.104. The van der Waals surface area contributed by atoms with Crippen molar-refractivity contribution in [2.75, 3.05) is 5.32 Å². The van der Waals surface area contributed by atoms with Crippen LogP contribution in [0, 0.1) is 6.92 Å². The lowest BCUT2D eigenvalue weighted by Crippen LogP contribution is -2.02. The maximum Gasteiger partial charge on any atom is 0.187 e. The predicted molar refractivity (Wildman–Crippen MR) is 89.4 cm³/mol. The molecule has 0 amide bonds. The quantitative estimate of drug-likeness (QED) is 0.595. The second-order valence-electron chi connectivity index (χ2n) is 4.78. The molecular formula is C17H15Cl2NO. The Bertz CT molecular complexity index is 690. The van der Waals surface area contributed by atoms with Gasteiger partial charge in [0.2, 0.25) is 0 Å². The maximum absolute atomic E-state index is 12.1. The van der Waals surface area contributed by atoms with E-state index in [0.29, 0.717) is 15.6 Å². The van der Waals surface area contributed by atoms with Gasteiger partial charge in [-0.05, 0) is 55.8 Å². The van der Waals surface area contributed by atoms with Gasteiger partial charge in [-0.1, -0.05) is 29.3 Å². The van der Waals surface area contributed by atoms with Crippen LogP contribution in [-0.4, -0.2) is 5.78 Å². The largest absolute Gasteiger partial charge is 0.359 e. The Balaban J connectivity index is 2.15. The van der Waals surface area contributed by atoms with Crippen molar-refractivity contribution in [3.63, 3.8) is 0 Å². The summed E-state index contributed by atoms with van der Waals surface area (Å²) in [7, 11) is 0. The summed E-state index contributed by atoms with van der Waals surface area (Å²) < 4.78 is 0. The molecule has 0 heterocycles. The third-order valence-corrected chi connectivity index (χ3v) is 3.49. The monoisotopic (exact) mass is 319 g/mol. The van der Waals surface area contributed by atoms with Crippen molar-refractivity contribution in [2.45, 2.75) is 13.8 Å². The van der Waals surface area contributed by atoms with Crippen molar-refractivity contribution in [1.82, 2.24) is 0 Å². The highest BCUT2D eigenvalue weighted by Gasteiger charge is 2.04. The van der Waals surface area contributed by atoms with Gasteiger partial charge in [0.05, 0.1) is 0 Å². The molecule has 2 aromatic rings. The third kappa shape index (κ3) is 4.35. The number of benzene rings is 2. The van der Waals surface area contributed by atoms with Crippen molar-refractivity contribution in [3.8, 4) is 0 Å². The zero-order valence-electron chi connectivity index (χ0n) is 11.8. The Labute approximate surface area is 134 Å². The van der Waals surface area contributed by atoms with E-state index in [1.807, 2.05) is 32.0 Å². The van der Waals surface area contributed by atoms with Gasteiger partial charge in [0, 0.05) is 33.1 Å². The van der Waals surface area contributed by atoms with Gasteiger partial charge in [0.15, 0.2) is 5.78 Å². The van der Waals surface area contributed by atoms with Crippen LogP contribution >= 0.6 is 23.2 Å². The summed E-state index contributed by atoms with van der Waals surface area (Å²) in [6, 6.07) is 12.4. The fraction of sp³-hybridized carbons (Fsp3) is 0.118. The minimum Gasteiger partial charge on any atom is -0.359 e. The zero-order valence-corrected chi connectivity index (χ0v) is 13.3. The molecule has 0 spiro atoms. The molecule has 0 aromatic heterocycles. The number of anilines is 1. The highest BCUT2D eigenvalue weighted by atomic mass is 35.5. The Kier molecular flexibility index (Phi) is 5.05. The summed E-state index contributed by atoms with van der Waals surface area (Å²) in [5.74, 6) is -0.0728. The van der Waals surface area contributed by atoms with Crippen LogP contribution in [0.3, 0.4) is 0 Å². The van der Waals surface area contributed by atoms with Crippen LogP contribution in [0.4, 0.5) is 5.69 Å². The third-order valence-electron chi connectivity index (χ3n) is 3.01. The van der Waals surface area contributed by atoms with E-state index in [4.69, 9.17) is 23.2 Å². The van der Waals surface area contributed by atoms with Crippen molar-refractivity contribution < 1.29 is 4.79 Å². The van der Waals surface area contributed by atoms with Crippen LogP contribution < -0.4 is 5.32 Å². The van der Waals surface area contributed by atoms with Crippen LogP contribution in [0.1, 0.15) is 22.8 Å². The molecule has 0 saturated carbocycles. The fourth-order valence-corrected chi connectivity index (χ4v) is 2.17. The van der Waals surface area contributed by atoms with E-state index in [1.54, 1.807) is 30.3 Å². The van der Waals surface area contributed by atoms with Crippen molar-refractivity contribution >= 4 is 34.7 Å². The molecule has 0 fully saturated rings. The van der Waals surface area contributed by atoms with Crippen molar-refractivity contribution in [3.05, 3.63) is 75.4 Å². The van der Waals surface area contributed by atoms with Crippen LogP contribution in [0.25, 0.3) is 0 Å². The number of halogens is 2. The molecule has 0 aliphatic carbocycles. The Morgan fingerprint density at radius 1 is 1.05 bits per heavy atom. The van der Waals surface area contributed by atoms with Gasteiger partial charge in [-0.25, -0.2) is 0 Å². The molecule has 2 rings (SSSR count). The van der Waals surface area contributed by atoms with Gasteiger partial charge in [-0.15, -0.1) is 0 Å². The van der Waals surface area contributed by atoms with Crippen molar-refractivity contribution in [1.29, 1.82) is 0 Å². The van der Waals surface area contributed by atoms with E-state index in [1.165, 1.54) is 0 Å². The number of allylic oxidation sites excluding steroid dienone is 2. The summed E-state index contributed by atoms with van der Waals surface area (Å²) in [5.41, 5.74) is 3.30. The maximum atomic E-state index is 12.1. The minimum atomic E-state index is -0.0728. The van der Waals surface area contributed by atoms with E-state index in [0.717, 1.165) is 16.9 Å². The van der Waals surface area contributed by atoms with E-state index >= 15 is 0 Å². The lowest BCUT2D eigenvalue weighted by Gasteiger charge is -2.10. The summed E-state index contributed by atoms with van der Waals surface area (Å²) in [5, 5.41) is 4.46. The van der Waals surface area contributed by atoms with Gasteiger partial charge >= 0.3 is 0 Å². The number of rotatable bonds is 4. The highest BCUT2D eigenvalue weighted by Crippen LogP contribution is 2.21. The summed E-state index contributed by atoms with van der Waals surface area (Å²) >= 11 is 11.8. The first kappa shape index (κ1) is 15.6. The number of carbonyl (C=O) groups is 1. The van der Waals surface area contributed by atoms with E-state index in [9.17, 15) is 4.79 Å². The van der Waals surface area contributed by atoms with Gasteiger partial charge in [0.25, 0.3) is 0 Å². The molecule has 0 radical (unpaired) electrons. The topological polar surface area (TPSA) is 29.1 Å². The molecule has 0 unspecified atom stereocenters. The molecule has 4 heteroatoms. The molecule has 1 N–H and O–H groups in total. The average Bonchev–Trinajstić information content (AvgIpc) is 2.43. The molecular weight excluding hydrogens is 305 g/mol. The number of carbonyl (C=O) groups excluding carboxylic acids is 1. The minimum absolute atomic E-state index is 0.0728. The van der Waals surface area contributed by atoms with Gasteiger partial charge < -0.3 is 5.32 Å². The molecule has 0 atom stereocenters. The first-order chi connectivity index (χ1) is 9.95. The second-order valence-corrected chi connectivity index (χ2v) is 5.66. The van der Waals surface area contributed by atoms with Crippen LogP contribution in [0.5, 0.6) is 0 Å². The molecule has 0 bridgehead atoms. The number of ketones is 1. The molecule has 2 aromatic carbocycles. The fourth-order valence-electron chi connectivity index (χ4n) is 1.87. The molecule has 108 valence electrons. The number of hydrogen-bond acceptors (Lipinski definition) is 2. The predicted octanol–water partition coefficient (Wildman–Crippen LogP) is 5.50. The lowest BCUT2D eigenvalue weighted by atomic mass is 10.1. The Morgan fingerprint density at radius 3 is 2.33 bits per heavy atom. The normalized spacial score (nSPS) is 11.3. The van der Waals surface area contributed by atoms with Gasteiger partial charge in [-0.2, -0.15) is 0 Å². The standard InChI is InChI=1S/C17H15Cl2NO/c1-11-3-6-15(19)10-16(11)20-12(2)9-17(21)13-4-7-14(18)8-5-13/h3-10,20H,1-2H3/b12-9+. The summed E-state index contributed by atoms with van der Waals surface area (Å²) in [6.07, 6.45) is 1.56. The van der Waals surface area contributed by atoms with Crippen LogP contribution in [0.2, 0.25) is 10.0 Å². The van der Waals surface area contributed by atoms with Gasteiger partial charge in [0.1, 0.15) is 0 Å². The number of hydrogen-bond donors (Lipinski definition) is 1. The zero-order chi connectivity index (χ0) is 15.4. The molecule has 2 nitrogen and oxygen atoms in total. The molecule has 21 heavy (non-hydrogen) atoms. The van der Waals surface area contributed by atoms with Crippen molar-refractivity contribution in [2.24, 2.45) is 0 Å². The van der Waals surface area contributed by atoms with Crippen LogP contribution in [0.15, 0.2) is 54.2 Å². The summed E-state index contributed by atoms with van der Waals surface area (Å²) in [6.45, 7) is 3.82. The Morgan fingerprint density at radius 2 is 1.67 bits per heavy atom. The van der Waals surface area contributed by atoms with E-state index in [2.05, 4.69) is 5.32 Å². The van der Waals surface area contributed by atoms with Gasteiger partial charge in [-0.3, -0.25) is 4.79 Å². The second kappa shape index (κ2) is 6.79. The van der Waals surface area contributed by atoms with E-state index < -0.39 is 0 Å². The first-order valence-electron chi connectivity index (χ1n) is 6.47. The molecule has 0 aliphatic heterocycles. The number of aryl methyl sites for hydroxylation is 1. The number of nitrogens with one attached hydrogen (secondary N) is 1. The summed E-state index contributed by atoms with van der Waals surface area (Å²) in [4.78, 5) is 12.1. The SMILES string of the molecule is C/C(=C\C(=O)c1ccc(Cl)cc1)Nc1cc(Cl)ccc1C. The first-order valence-corrected chi connectivity index (χ1v) is 7.22. The Hall–Kier alpha value is -1.77. The smallest absolute Gasteiger partial charge is 0.187 e. The average molecular weight is 320 g/mol. The molecule has 0 saturated heterocycles. The van der Waals surface area contributed by atoms with E-state index in [-0.39, 0.29) is 5.78 Å².